The van der Waals surface area contributed by atoms with Gasteiger partial charge < -0.3 is 14.6 Å². The molecular formula is C17H10ClNO4. The molecule has 114 valence electrons. The molecule has 5 nitrogen and oxygen atoms in total. The predicted octanol–water partition coefficient (Wildman–Crippen LogP) is 3.98. The van der Waals surface area contributed by atoms with Crippen LogP contribution in [0.1, 0.15) is 10.4 Å². The number of fused-ring (bicyclic) bond motifs is 2. The van der Waals surface area contributed by atoms with E-state index in [1.165, 1.54) is 0 Å². The van der Waals surface area contributed by atoms with Gasteiger partial charge in [-0.3, -0.25) is 0 Å². The van der Waals surface area contributed by atoms with E-state index in [0.29, 0.717) is 33.1 Å². The normalized spacial score (nSPS) is 12.6. The monoisotopic (exact) mass is 327 g/mol. The second-order valence-corrected chi connectivity index (χ2v) is 5.47. The molecule has 2 heterocycles. The average molecular weight is 328 g/mol. The minimum atomic E-state index is -1.03. The van der Waals surface area contributed by atoms with Crippen LogP contribution in [0.25, 0.3) is 22.2 Å². The van der Waals surface area contributed by atoms with Gasteiger partial charge in [-0.1, -0.05) is 23.7 Å². The number of carbonyl (C=O) groups is 1. The summed E-state index contributed by atoms with van der Waals surface area (Å²) in [6, 6.07) is 12.0. The topological polar surface area (TPSA) is 68.7 Å². The maximum absolute atomic E-state index is 11.6. The van der Waals surface area contributed by atoms with Gasteiger partial charge in [0.25, 0.3) is 0 Å². The second kappa shape index (κ2) is 5.14. The van der Waals surface area contributed by atoms with Gasteiger partial charge in [0.1, 0.15) is 0 Å². The third-order valence-corrected chi connectivity index (χ3v) is 3.99. The first-order valence-corrected chi connectivity index (χ1v) is 7.24. The van der Waals surface area contributed by atoms with E-state index in [-0.39, 0.29) is 12.4 Å². The number of aromatic carboxylic acids is 1. The molecule has 0 aliphatic carbocycles. The number of carboxylic acids is 1. The molecule has 1 N–H and O–H groups in total. The van der Waals surface area contributed by atoms with Crippen molar-refractivity contribution in [3.63, 3.8) is 0 Å². The van der Waals surface area contributed by atoms with Crippen LogP contribution in [0, 0.1) is 0 Å². The molecule has 2 aromatic carbocycles. The molecule has 0 saturated carbocycles. The molecular weight excluding hydrogens is 318 g/mol. The van der Waals surface area contributed by atoms with Crippen molar-refractivity contribution in [1.29, 1.82) is 0 Å². The third kappa shape index (κ3) is 2.26. The van der Waals surface area contributed by atoms with E-state index in [4.69, 9.17) is 21.1 Å². The summed E-state index contributed by atoms with van der Waals surface area (Å²) in [7, 11) is 0. The first-order valence-electron chi connectivity index (χ1n) is 6.86. The number of pyridine rings is 1. The number of hydrogen-bond acceptors (Lipinski definition) is 4. The van der Waals surface area contributed by atoms with Gasteiger partial charge >= 0.3 is 5.97 Å². The fraction of sp³-hybridized carbons (Fsp3) is 0.0588. The van der Waals surface area contributed by atoms with Gasteiger partial charge in [-0.25, -0.2) is 9.78 Å². The number of nitrogens with zero attached hydrogens (tertiary/aromatic N) is 1. The van der Waals surface area contributed by atoms with Gasteiger partial charge in [-0.05, 0) is 30.3 Å². The van der Waals surface area contributed by atoms with Gasteiger partial charge in [0.2, 0.25) is 6.79 Å². The summed E-state index contributed by atoms with van der Waals surface area (Å²) in [5.74, 6) is 0.244. The predicted molar refractivity (Wildman–Crippen MR) is 85.3 cm³/mol. The summed E-state index contributed by atoms with van der Waals surface area (Å²) in [5.41, 5.74) is 1.87. The van der Waals surface area contributed by atoms with Crippen molar-refractivity contribution in [1.82, 2.24) is 4.98 Å². The fourth-order valence-electron chi connectivity index (χ4n) is 2.59. The van der Waals surface area contributed by atoms with E-state index in [2.05, 4.69) is 4.98 Å². The standard InChI is InChI=1S/C17H10ClNO4/c18-12-3-1-2-10-11(17(20)21)7-13(19-16(10)12)9-4-5-14-15(6-9)23-8-22-14/h1-7H,8H2,(H,20,21). The SMILES string of the molecule is O=C(O)c1cc(-c2ccc3c(c2)OCO3)nc2c(Cl)cccc12. The lowest BCUT2D eigenvalue weighted by Crippen LogP contribution is -2.00. The molecule has 0 fully saturated rings. The van der Waals surface area contributed by atoms with Crippen molar-refractivity contribution in [2.75, 3.05) is 6.79 Å². The summed E-state index contributed by atoms with van der Waals surface area (Å²) >= 11 is 6.19. The van der Waals surface area contributed by atoms with Crippen LogP contribution in [-0.2, 0) is 0 Å². The van der Waals surface area contributed by atoms with E-state index in [0.717, 1.165) is 5.56 Å². The van der Waals surface area contributed by atoms with Crippen LogP contribution in [-0.4, -0.2) is 22.9 Å². The molecule has 6 heteroatoms. The second-order valence-electron chi connectivity index (χ2n) is 5.06. The number of para-hydroxylation sites is 1. The Bertz CT molecular complexity index is 955. The molecule has 1 aliphatic heterocycles. The van der Waals surface area contributed by atoms with Crippen LogP contribution < -0.4 is 9.47 Å². The zero-order valence-electron chi connectivity index (χ0n) is 11.7. The van der Waals surface area contributed by atoms with Gasteiger partial charge in [-0.2, -0.15) is 0 Å². The van der Waals surface area contributed by atoms with E-state index in [1.54, 1.807) is 36.4 Å². The Labute approximate surface area is 136 Å². The van der Waals surface area contributed by atoms with E-state index >= 15 is 0 Å². The Kier molecular flexibility index (Phi) is 3.09. The summed E-state index contributed by atoms with van der Waals surface area (Å²) in [6.07, 6.45) is 0. The Morgan fingerprint density at radius 1 is 1.13 bits per heavy atom. The lowest BCUT2D eigenvalue weighted by atomic mass is 10.0. The number of ether oxygens (including phenoxy) is 2. The van der Waals surface area contributed by atoms with Gasteiger partial charge in [0, 0.05) is 10.9 Å². The highest BCUT2D eigenvalue weighted by Gasteiger charge is 2.17. The molecule has 0 bridgehead atoms. The van der Waals surface area contributed by atoms with Crippen molar-refractivity contribution < 1.29 is 19.4 Å². The van der Waals surface area contributed by atoms with Crippen LogP contribution in [0.5, 0.6) is 11.5 Å². The Balaban J connectivity index is 1.97. The summed E-state index contributed by atoms with van der Waals surface area (Å²) < 4.78 is 10.6. The van der Waals surface area contributed by atoms with E-state index in [9.17, 15) is 9.90 Å². The number of rotatable bonds is 2. The largest absolute Gasteiger partial charge is 0.478 e. The van der Waals surface area contributed by atoms with Crippen molar-refractivity contribution in [3.05, 3.63) is 53.1 Å². The summed E-state index contributed by atoms with van der Waals surface area (Å²) in [5, 5.41) is 10.4. The van der Waals surface area contributed by atoms with Gasteiger partial charge in [0.15, 0.2) is 11.5 Å². The van der Waals surface area contributed by atoms with Gasteiger partial charge in [0.05, 0.1) is 21.8 Å². The molecule has 4 rings (SSSR count). The fourth-order valence-corrected chi connectivity index (χ4v) is 2.81. The number of carboxylic acid groups (broad SMARTS) is 1. The van der Waals surface area contributed by atoms with Crippen LogP contribution in [0.2, 0.25) is 5.02 Å². The Hall–Kier alpha value is -2.79. The highest BCUT2D eigenvalue weighted by Crippen LogP contribution is 2.36. The average Bonchev–Trinajstić information content (AvgIpc) is 3.02. The molecule has 0 unspecified atom stereocenters. The maximum atomic E-state index is 11.6. The number of aromatic nitrogens is 1. The van der Waals surface area contributed by atoms with Gasteiger partial charge in [-0.15, -0.1) is 0 Å². The molecule has 0 saturated heterocycles. The van der Waals surface area contributed by atoms with Crippen LogP contribution in [0.4, 0.5) is 0 Å². The van der Waals surface area contributed by atoms with Crippen molar-refractivity contribution in [3.8, 4) is 22.8 Å². The minimum absolute atomic E-state index is 0.158. The lowest BCUT2D eigenvalue weighted by Gasteiger charge is -2.09. The highest BCUT2D eigenvalue weighted by atomic mass is 35.5. The summed E-state index contributed by atoms with van der Waals surface area (Å²) in [4.78, 5) is 16.1. The first-order chi connectivity index (χ1) is 11.1. The number of hydrogen-bond donors (Lipinski definition) is 1. The van der Waals surface area contributed by atoms with E-state index < -0.39 is 5.97 Å². The Morgan fingerprint density at radius 3 is 2.78 bits per heavy atom. The molecule has 1 aromatic heterocycles. The molecule has 0 amide bonds. The molecule has 23 heavy (non-hydrogen) atoms. The van der Waals surface area contributed by atoms with Crippen LogP contribution in [0.3, 0.4) is 0 Å². The molecule has 1 aliphatic rings. The molecule has 0 radical (unpaired) electrons. The molecule has 0 atom stereocenters. The zero-order chi connectivity index (χ0) is 16.0. The summed E-state index contributed by atoms with van der Waals surface area (Å²) in [6.45, 7) is 0.177. The molecule has 0 spiro atoms. The lowest BCUT2D eigenvalue weighted by molar-refractivity contribution is 0.0699. The van der Waals surface area contributed by atoms with Crippen LogP contribution >= 0.6 is 11.6 Å². The number of halogens is 1. The number of benzene rings is 2. The first kappa shape index (κ1) is 13.8. The minimum Gasteiger partial charge on any atom is -0.478 e. The van der Waals surface area contributed by atoms with Crippen LogP contribution in [0.15, 0.2) is 42.5 Å². The highest BCUT2D eigenvalue weighted by molar-refractivity contribution is 6.35. The quantitative estimate of drug-likeness (QED) is 0.771. The maximum Gasteiger partial charge on any atom is 0.336 e. The third-order valence-electron chi connectivity index (χ3n) is 3.69. The van der Waals surface area contributed by atoms with Crippen molar-refractivity contribution in [2.24, 2.45) is 0 Å². The van der Waals surface area contributed by atoms with Crippen molar-refractivity contribution in [2.45, 2.75) is 0 Å². The van der Waals surface area contributed by atoms with Crippen molar-refractivity contribution >= 4 is 28.5 Å². The van der Waals surface area contributed by atoms with E-state index in [1.807, 2.05) is 6.07 Å². The Morgan fingerprint density at radius 2 is 1.96 bits per heavy atom. The zero-order valence-corrected chi connectivity index (χ0v) is 12.5. The molecule has 3 aromatic rings. The smallest absolute Gasteiger partial charge is 0.336 e.